The number of rotatable bonds is 12. The Labute approximate surface area is 443 Å². The quantitative estimate of drug-likeness (QED) is 0.0543. The molecule has 8 aliphatic rings. The Bertz CT molecular complexity index is 2220. The van der Waals surface area contributed by atoms with Crippen molar-refractivity contribution in [3.63, 3.8) is 0 Å². The van der Waals surface area contributed by atoms with Crippen molar-refractivity contribution < 1.29 is 108 Å². The highest BCUT2D eigenvalue weighted by Crippen LogP contribution is 2.76. The van der Waals surface area contributed by atoms with Gasteiger partial charge in [0.05, 0.1) is 37.4 Å². The van der Waals surface area contributed by atoms with E-state index < -0.39 is 181 Å². The van der Waals surface area contributed by atoms with Crippen molar-refractivity contribution in [2.75, 3.05) is 19.8 Å². The van der Waals surface area contributed by atoms with Gasteiger partial charge in [0.2, 0.25) is 0 Å². The third-order valence-electron chi connectivity index (χ3n) is 20.5. The summed E-state index contributed by atoms with van der Waals surface area (Å²) in [7, 11) is 0. The van der Waals surface area contributed by atoms with Gasteiger partial charge in [0.25, 0.3) is 0 Å². The molecule has 0 aromatic rings. The molecule has 3 aliphatic heterocycles. The Morgan fingerprint density at radius 1 is 0.724 bits per heavy atom. The molecular formula is C54H84O22. The number of hydrogen-bond donors (Lipinski definition) is 11. The Morgan fingerprint density at radius 3 is 2.00 bits per heavy atom. The fraction of sp³-hybridized carbons (Fsp3) is 0.870. The number of carbonyl (C=O) groups is 3. The van der Waals surface area contributed by atoms with E-state index in [0.29, 0.717) is 44.1 Å². The molecule has 25 atom stereocenters. The van der Waals surface area contributed by atoms with Crippen LogP contribution in [0.15, 0.2) is 23.3 Å². The molecule has 7 fully saturated rings. The van der Waals surface area contributed by atoms with Gasteiger partial charge in [-0.25, -0.2) is 9.59 Å². The van der Waals surface area contributed by atoms with Crippen molar-refractivity contribution in [2.24, 2.45) is 50.2 Å². The standard InChI is InChI=1S/C54H84O22/c1-11-23(2)45(68)76-42-43(70-24(3)57)54(22-56)26(18-49(42,4)5)25-12-13-30-51(8)16-15-32(50(6,7)29(51)14-17-52(30,9)53(25,10)19-31(54)59)72-48-41(75-47-37(64)35(62)34(61)28(20-55)71-47)39(38(65)40(74-48)44(66)67)73-46-36(63)33(60)27(58)21-69-46/h11-12,26-43,46-48,55-56,58-65H,13-22H2,1-10H3,(H,66,67)/b23-11+/t26-,27+,28+,29-,30+,31+,32-,33+,34+,35-,36-,37+,38-,39-,40-,41+,42-,43-,46-,47-,48+,51-,52+,53+,54-/m0/s1. The first kappa shape index (κ1) is 59.4. The van der Waals surface area contributed by atoms with E-state index >= 15 is 0 Å². The predicted octanol–water partition coefficient (Wildman–Crippen LogP) is 0.346. The molecule has 4 saturated carbocycles. The first-order valence-corrected chi connectivity index (χ1v) is 26.9. The zero-order valence-corrected chi connectivity index (χ0v) is 45.3. The van der Waals surface area contributed by atoms with Gasteiger partial charge in [0, 0.05) is 17.9 Å². The highest BCUT2D eigenvalue weighted by Gasteiger charge is 2.74. The molecule has 0 unspecified atom stereocenters. The molecule has 22 nitrogen and oxygen atoms in total. The highest BCUT2D eigenvalue weighted by molar-refractivity contribution is 5.87. The first-order chi connectivity index (χ1) is 35.4. The van der Waals surface area contributed by atoms with Gasteiger partial charge < -0.3 is 94.1 Å². The van der Waals surface area contributed by atoms with Crippen molar-refractivity contribution >= 4 is 17.9 Å². The third kappa shape index (κ3) is 9.42. The zero-order chi connectivity index (χ0) is 56.2. The smallest absolute Gasteiger partial charge is 0.335 e. The minimum Gasteiger partial charge on any atom is -0.479 e. The zero-order valence-electron chi connectivity index (χ0n) is 45.3. The number of fused-ring (bicyclic) bond motifs is 7. The maximum Gasteiger partial charge on any atom is 0.335 e. The summed E-state index contributed by atoms with van der Waals surface area (Å²) in [5.74, 6) is -3.33. The molecule has 0 spiro atoms. The summed E-state index contributed by atoms with van der Waals surface area (Å²) < 4.78 is 48.7. The van der Waals surface area contributed by atoms with Crippen molar-refractivity contribution in [3.8, 4) is 0 Å². The van der Waals surface area contributed by atoms with Crippen LogP contribution in [0.4, 0.5) is 0 Å². The molecule has 3 heterocycles. The van der Waals surface area contributed by atoms with Crippen LogP contribution >= 0.6 is 0 Å². The van der Waals surface area contributed by atoms with Crippen LogP contribution in [-0.4, -0.2) is 204 Å². The molecule has 11 N–H and O–H groups in total. The maximum absolute atomic E-state index is 13.4. The molecule has 3 saturated heterocycles. The monoisotopic (exact) mass is 1080 g/mol. The van der Waals surface area contributed by atoms with Gasteiger partial charge >= 0.3 is 17.9 Å². The number of carbonyl (C=O) groups excluding carboxylic acids is 2. The molecule has 0 aromatic heterocycles. The number of carboxylic acids is 1. The van der Waals surface area contributed by atoms with Crippen LogP contribution in [0.1, 0.15) is 114 Å². The Kier molecular flexibility index (Phi) is 16.6. The minimum atomic E-state index is -2.10. The van der Waals surface area contributed by atoms with Gasteiger partial charge in [0.15, 0.2) is 25.0 Å². The maximum atomic E-state index is 13.4. The van der Waals surface area contributed by atoms with Crippen LogP contribution in [-0.2, 0) is 52.3 Å². The average molecular weight is 1090 g/mol. The van der Waals surface area contributed by atoms with E-state index in [1.807, 2.05) is 13.8 Å². The molecule has 76 heavy (non-hydrogen) atoms. The van der Waals surface area contributed by atoms with Crippen LogP contribution in [0, 0.1) is 50.2 Å². The summed E-state index contributed by atoms with van der Waals surface area (Å²) in [5, 5.41) is 121. The second-order valence-electron chi connectivity index (χ2n) is 25.2. The van der Waals surface area contributed by atoms with E-state index in [9.17, 15) is 70.6 Å². The van der Waals surface area contributed by atoms with E-state index in [1.165, 1.54) is 6.92 Å². The van der Waals surface area contributed by atoms with Gasteiger partial charge in [-0.3, -0.25) is 4.79 Å². The lowest BCUT2D eigenvalue weighted by Gasteiger charge is -2.72. The van der Waals surface area contributed by atoms with Gasteiger partial charge in [0.1, 0.15) is 73.2 Å². The summed E-state index contributed by atoms with van der Waals surface area (Å²) in [6.07, 6.45) is -22.0. The van der Waals surface area contributed by atoms with Gasteiger partial charge in [-0.1, -0.05) is 66.2 Å². The van der Waals surface area contributed by atoms with Gasteiger partial charge in [-0.15, -0.1) is 0 Å². The summed E-state index contributed by atoms with van der Waals surface area (Å²) in [6, 6.07) is 0. The van der Waals surface area contributed by atoms with Crippen LogP contribution < -0.4 is 0 Å². The van der Waals surface area contributed by atoms with E-state index in [-0.39, 0.29) is 23.7 Å². The van der Waals surface area contributed by atoms with Crippen LogP contribution in [0.5, 0.6) is 0 Å². The summed E-state index contributed by atoms with van der Waals surface area (Å²) in [4.78, 5) is 39.2. The predicted molar refractivity (Wildman–Crippen MR) is 262 cm³/mol. The SMILES string of the molecule is C/C=C(\C)C(=O)O[C@H]1[C@H](OC(C)=O)[C@]2(CO)[C@H](O)C[C@]3(C)C(=CC[C@@H]4[C@@]5(C)CC[C@H](O[C@@H]6O[C@H](C(=O)O)[C@@H](O)[C@H](O[C@@H]7OC[C@@H](O)[C@@H](O)[C@@H]7O)[C@H]6O[C@@H]6O[C@H](CO)[C@@H](O)[C@H](O)[C@H]6O)C(C)(C)[C@@H]5CC[C@]43C)[C@@H]2CC1(C)C. The highest BCUT2D eigenvalue weighted by atomic mass is 16.8. The molecule has 432 valence electrons. The minimum absolute atomic E-state index is 0.0354. The van der Waals surface area contributed by atoms with Gasteiger partial charge in [-0.05, 0) is 98.2 Å². The first-order valence-electron chi connectivity index (χ1n) is 26.9. The van der Waals surface area contributed by atoms with Crippen LogP contribution in [0.2, 0.25) is 0 Å². The van der Waals surface area contributed by atoms with E-state index in [1.54, 1.807) is 19.9 Å². The Morgan fingerprint density at radius 2 is 1.38 bits per heavy atom. The largest absolute Gasteiger partial charge is 0.479 e. The number of hydrogen-bond acceptors (Lipinski definition) is 21. The van der Waals surface area contributed by atoms with Crippen molar-refractivity contribution in [2.45, 2.75) is 225 Å². The van der Waals surface area contributed by atoms with Crippen LogP contribution in [0.25, 0.3) is 0 Å². The molecule has 0 amide bonds. The third-order valence-corrected chi connectivity index (χ3v) is 20.5. The molecular weight excluding hydrogens is 1000 g/mol. The van der Waals surface area contributed by atoms with Gasteiger partial charge in [-0.2, -0.15) is 0 Å². The Balaban J connectivity index is 1.11. The van der Waals surface area contributed by atoms with E-state index in [2.05, 4.69) is 40.7 Å². The van der Waals surface area contributed by atoms with Crippen molar-refractivity contribution in [1.82, 2.24) is 0 Å². The Hall–Kier alpha value is -2.75. The fourth-order valence-corrected chi connectivity index (χ4v) is 15.9. The summed E-state index contributed by atoms with van der Waals surface area (Å²) in [5.41, 5.74) is -2.88. The summed E-state index contributed by atoms with van der Waals surface area (Å²) in [6.45, 7) is 17.6. The summed E-state index contributed by atoms with van der Waals surface area (Å²) >= 11 is 0. The van der Waals surface area contributed by atoms with E-state index in [0.717, 1.165) is 5.57 Å². The molecule has 5 aliphatic carbocycles. The second kappa shape index (κ2) is 21.3. The van der Waals surface area contributed by atoms with E-state index in [4.69, 9.17) is 37.9 Å². The number of carboxylic acid groups (broad SMARTS) is 1. The number of aliphatic carboxylic acids is 1. The number of aliphatic hydroxyl groups excluding tert-OH is 10. The molecule has 0 bridgehead atoms. The normalized spacial score (nSPS) is 49.9. The topological polar surface area (TPSA) is 348 Å². The lowest BCUT2D eigenvalue weighted by Crippen LogP contribution is -2.72. The lowest BCUT2D eigenvalue weighted by molar-refractivity contribution is -0.392. The fourth-order valence-electron chi connectivity index (χ4n) is 15.9. The molecule has 22 heteroatoms. The van der Waals surface area contributed by atoms with Crippen molar-refractivity contribution in [1.29, 1.82) is 0 Å². The molecule has 0 radical (unpaired) electrons. The second-order valence-corrected chi connectivity index (χ2v) is 25.2. The van der Waals surface area contributed by atoms with Crippen LogP contribution in [0.3, 0.4) is 0 Å². The molecule has 0 aromatic carbocycles. The average Bonchev–Trinajstić information content (AvgIpc) is 3.34. The van der Waals surface area contributed by atoms with Crippen molar-refractivity contribution in [3.05, 3.63) is 23.3 Å². The number of aliphatic hydroxyl groups is 10. The lowest BCUT2D eigenvalue weighted by atomic mass is 9.33. The number of esters is 2. The number of ether oxygens (including phenoxy) is 8. The molecule has 8 rings (SSSR count). The number of allylic oxidation sites excluding steroid dienone is 3.